The summed E-state index contributed by atoms with van der Waals surface area (Å²) in [7, 11) is 0. The van der Waals surface area contributed by atoms with Crippen molar-refractivity contribution in [2.75, 3.05) is 18.0 Å². The van der Waals surface area contributed by atoms with Crippen molar-refractivity contribution in [3.8, 4) is 12.3 Å². The average Bonchev–Trinajstić information content (AvgIpc) is 2.25. The van der Waals surface area contributed by atoms with Gasteiger partial charge in [-0.05, 0) is 48.0 Å². The molecule has 0 aliphatic rings. The Morgan fingerprint density at radius 3 is 2.69 bits per heavy atom. The molecule has 0 atom stereocenters. The molecule has 0 saturated heterocycles. The second-order valence-electron chi connectivity index (χ2n) is 3.44. The first-order valence-electron chi connectivity index (χ1n) is 5.09. The number of rotatable bonds is 4. The van der Waals surface area contributed by atoms with Crippen molar-refractivity contribution in [3.05, 3.63) is 28.2 Å². The van der Waals surface area contributed by atoms with Gasteiger partial charge in [-0.2, -0.15) is 0 Å². The summed E-state index contributed by atoms with van der Waals surface area (Å²) >= 11 is 3.40. The number of terminal acetylenes is 1. The molecule has 0 N–H and O–H groups in total. The van der Waals surface area contributed by atoms with Crippen LogP contribution in [-0.4, -0.2) is 18.9 Å². The fourth-order valence-electron chi connectivity index (χ4n) is 1.48. The summed E-state index contributed by atoms with van der Waals surface area (Å²) in [6.45, 7) is 5.02. The minimum atomic E-state index is 0.0541. The Kier molecular flexibility index (Phi) is 4.57. The molecule has 3 heteroatoms. The van der Waals surface area contributed by atoms with Gasteiger partial charge in [0.1, 0.15) is 0 Å². The predicted octanol–water partition coefficient (Wildman–Crippen LogP) is 3.11. The van der Waals surface area contributed by atoms with Crippen LogP contribution in [0.2, 0.25) is 0 Å². The highest BCUT2D eigenvalue weighted by atomic mass is 79.9. The number of benzene rings is 1. The van der Waals surface area contributed by atoms with Gasteiger partial charge in [0.15, 0.2) is 5.78 Å². The first kappa shape index (κ1) is 12.8. The average molecular weight is 280 g/mol. The van der Waals surface area contributed by atoms with E-state index < -0.39 is 0 Å². The SMILES string of the molecule is C#CCN(CC)c1ccc(C(C)=O)c(Br)c1. The zero-order chi connectivity index (χ0) is 12.1. The molecule has 0 saturated carbocycles. The van der Waals surface area contributed by atoms with Gasteiger partial charge in [-0.15, -0.1) is 6.42 Å². The molecule has 0 fully saturated rings. The van der Waals surface area contributed by atoms with E-state index in [1.165, 1.54) is 0 Å². The molecule has 0 radical (unpaired) electrons. The maximum absolute atomic E-state index is 11.3. The molecule has 2 nitrogen and oxygen atoms in total. The molecular formula is C13H14BrNO. The third-order valence-electron chi connectivity index (χ3n) is 2.36. The van der Waals surface area contributed by atoms with Crippen molar-refractivity contribution in [1.82, 2.24) is 0 Å². The molecular weight excluding hydrogens is 266 g/mol. The highest BCUT2D eigenvalue weighted by molar-refractivity contribution is 9.10. The van der Waals surface area contributed by atoms with E-state index in [-0.39, 0.29) is 5.78 Å². The number of anilines is 1. The molecule has 16 heavy (non-hydrogen) atoms. The van der Waals surface area contributed by atoms with Crippen LogP contribution in [-0.2, 0) is 0 Å². The largest absolute Gasteiger partial charge is 0.361 e. The topological polar surface area (TPSA) is 20.3 Å². The van der Waals surface area contributed by atoms with Crippen molar-refractivity contribution in [1.29, 1.82) is 0 Å². The summed E-state index contributed by atoms with van der Waals surface area (Å²) in [5, 5.41) is 0. The highest BCUT2D eigenvalue weighted by Gasteiger charge is 2.08. The third kappa shape index (κ3) is 2.86. The Labute approximate surface area is 105 Å². The van der Waals surface area contributed by atoms with Crippen LogP contribution in [0, 0.1) is 12.3 Å². The fourth-order valence-corrected chi connectivity index (χ4v) is 2.13. The van der Waals surface area contributed by atoms with Crippen LogP contribution >= 0.6 is 15.9 Å². The zero-order valence-corrected chi connectivity index (χ0v) is 11.0. The van der Waals surface area contributed by atoms with Gasteiger partial charge in [0.05, 0.1) is 6.54 Å². The summed E-state index contributed by atoms with van der Waals surface area (Å²) in [4.78, 5) is 13.3. The molecule has 84 valence electrons. The van der Waals surface area contributed by atoms with E-state index in [2.05, 4.69) is 26.8 Å². The second-order valence-corrected chi connectivity index (χ2v) is 4.29. The van der Waals surface area contributed by atoms with Crippen molar-refractivity contribution >= 4 is 27.4 Å². The number of hydrogen-bond donors (Lipinski definition) is 0. The lowest BCUT2D eigenvalue weighted by Gasteiger charge is -2.20. The number of hydrogen-bond acceptors (Lipinski definition) is 2. The van der Waals surface area contributed by atoms with Crippen LogP contribution < -0.4 is 4.90 Å². The molecule has 0 aliphatic carbocycles. The van der Waals surface area contributed by atoms with Crippen LogP contribution in [0.4, 0.5) is 5.69 Å². The van der Waals surface area contributed by atoms with Crippen molar-refractivity contribution < 1.29 is 4.79 Å². The van der Waals surface area contributed by atoms with Crippen molar-refractivity contribution in [3.63, 3.8) is 0 Å². The van der Waals surface area contributed by atoms with Gasteiger partial charge < -0.3 is 4.90 Å². The molecule has 0 amide bonds. The first-order chi connectivity index (χ1) is 7.60. The predicted molar refractivity (Wildman–Crippen MR) is 70.9 cm³/mol. The Hall–Kier alpha value is -1.27. The van der Waals surface area contributed by atoms with E-state index in [1.807, 2.05) is 25.1 Å². The Morgan fingerprint density at radius 2 is 2.25 bits per heavy atom. The van der Waals surface area contributed by atoms with E-state index in [9.17, 15) is 4.79 Å². The number of carbonyl (C=O) groups excluding carboxylic acids is 1. The van der Waals surface area contributed by atoms with E-state index in [1.54, 1.807) is 6.92 Å². The third-order valence-corrected chi connectivity index (χ3v) is 3.02. The standard InChI is InChI=1S/C13H14BrNO/c1-4-8-15(5-2)11-6-7-12(10(3)16)13(14)9-11/h1,6-7,9H,5,8H2,2-3H3. The van der Waals surface area contributed by atoms with Gasteiger partial charge in [-0.25, -0.2) is 0 Å². The number of Topliss-reactive ketones (excluding diaryl/α,β-unsaturated/α-hetero) is 1. The number of carbonyl (C=O) groups is 1. The molecule has 1 aromatic rings. The van der Waals surface area contributed by atoms with Crippen molar-refractivity contribution in [2.45, 2.75) is 13.8 Å². The zero-order valence-electron chi connectivity index (χ0n) is 9.46. The maximum atomic E-state index is 11.3. The van der Waals surface area contributed by atoms with Gasteiger partial charge in [-0.3, -0.25) is 4.79 Å². The van der Waals surface area contributed by atoms with E-state index in [0.717, 1.165) is 16.7 Å². The summed E-state index contributed by atoms with van der Waals surface area (Å²) in [5.74, 6) is 2.67. The first-order valence-corrected chi connectivity index (χ1v) is 5.88. The van der Waals surface area contributed by atoms with E-state index in [0.29, 0.717) is 12.1 Å². The lowest BCUT2D eigenvalue weighted by atomic mass is 10.1. The molecule has 1 rings (SSSR count). The molecule has 0 aromatic heterocycles. The summed E-state index contributed by atoms with van der Waals surface area (Å²) in [5.41, 5.74) is 1.72. The summed E-state index contributed by atoms with van der Waals surface area (Å²) < 4.78 is 0.813. The number of ketones is 1. The van der Waals surface area contributed by atoms with E-state index >= 15 is 0 Å². The minimum absolute atomic E-state index is 0.0541. The van der Waals surface area contributed by atoms with Gasteiger partial charge in [0.2, 0.25) is 0 Å². The molecule has 0 spiro atoms. The minimum Gasteiger partial charge on any atom is -0.361 e. The Morgan fingerprint density at radius 1 is 1.56 bits per heavy atom. The lowest BCUT2D eigenvalue weighted by Crippen LogP contribution is -2.22. The maximum Gasteiger partial charge on any atom is 0.160 e. The molecule has 0 bridgehead atoms. The van der Waals surface area contributed by atoms with Crippen LogP contribution in [0.15, 0.2) is 22.7 Å². The molecule has 1 aromatic carbocycles. The number of nitrogens with zero attached hydrogens (tertiary/aromatic N) is 1. The highest BCUT2D eigenvalue weighted by Crippen LogP contribution is 2.24. The smallest absolute Gasteiger partial charge is 0.160 e. The molecule has 0 aliphatic heterocycles. The van der Waals surface area contributed by atoms with Gasteiger partial charge >= 0.3 is 0 Å². The molecule has 0 heterocycles. The van der Waals surface area contributed by atoms with E-state index in [4.69, 9.17) is 6.42 Å². The van der Waals surface area contributed by atoms with Gasteiger partial charge in [0, 0.05) is 22.3 Å². The van der Waals surface area contributed by atoms with Crippen LogP contribution in [0.1, 0.15) is 24.2 Å². The lowest BCUT2D eigenvalue weighted by molar-refractivity contribution is 0.101. The fraction of sp³-hybridized carbons (Fsp3) is 0.308. The van der Waals surface area contributed by atoms with Crippen molar-refractivity contribution in [2.24, 2.45) is 0 Å². The van der Waals surface area contributed by atoms with Crippen LogP contribution in [0.3, 0.4) is 0 Å². The Balaban J connectivity index is 3.05. The number of halogens is 1. The van der Waals surface area contributed by atoms with Crippen LogP contribution in [0.5, 0.6) is 0 Å². The molecule has 0 unspecified atom stereocenters. The monoisotopic (exact) mass is 279 g/mol. The van der Waals surface area contributed by atoms with Gasteiger partial charge in [-0.1, -0.05) is 5.92 Å². The second kappa shape index (κ2) is 5.72. The normalized spacial score (nSPS) is 9.62. The summed E-state index contributed by atoms with van der Waals surface area (Å²) in [6.07, 6.45) is 5.30. The van der Waals surface area contributed by atoms with Gasteiger partial charge in [0.25, 0.3) is 0 Å². The quantitative estimate of drug-likeness (QED) is 0.624. The summed E-state index contributed by atoms with van der Waals surface area (Å²) in [6, 6.07) is 5.67. The Bertz CT molecular complexity index is 434. The van der Waals surface area contributed by atoms with Crippen LogP contribution in [0.25, 0.3) is 0 Å².